The Bertz CT molecular complexity index is 491. The third-order valence-electron chi connectivity index (χ3n) is 5.97. The quantitative estimate of drug-likeness (QED) is 0.662. The number of hydrogen-bond donors (Lipinski definition) is 0. The lowest BCUT2D eigenvalue weighted by Crippen LogP contribution is -2.52. The molecule has 0 spiro atoms. The number of ether oxygens (including phenoxy) is 2. The SMILES string of the molecule is CCOC(=O)C1CCN(C(=O)OC(C(C)(C)C)C(C)(C)C(C)(C)C)CC1. The van der Waals surface area contributed by atoms with Crippen molar-refractivity contribution in [3.05, 3.63) is 0 Å². The molecule has 0 aromatic rings. The van der Waals surface area contributed by atoms with E-state index >= 15 is 0 Å². The summed E-state index contributed by atoms with van der Waals surface area (Å²) < 4.78 is 11.2. The Balaban J connectivity index is 2.79. The third kappa shape index (κ3) is 5.37. The van der Waals surface area contributed by atoms with Crippen LogP contribution in [0.15, 0.2) is 0 Å². The molecule has 1 aliphatic rings. The summed E-state index contributed by atoms with van der Waals surface area (Å²) in [6, 6.07) is 0. The summed E-state index contributed by atoms with van der Waals surface area (Å²) in [6.45, 7) is 20.5. The van der Waals surface area contributed by atoms with Crippen molar-refractivity contribution in [2.75, 3.05) is 19.7 Å². The number of amides is 1. The fourth-order valence-electron chi connectivity index (χ4n) is 3.53. The van der Waals surface area contributed by atoms with Crippen LogP contribution in [-0.4, -0.2) is 42.8 Å². The minimum atomic E-state index is -0.274. The second kappa shape index (κ2) is 8.18. The number of piperidine rings is 1. The molecule has 5 heteroatoms. The molecule has 0 aliphatic carbocycles. The van der Waals surface area contributed by atoms with Crippen LogP contribution in [0, 0.1) is 22.2 Å². The van der Waals surface area contributed by atoms with E-state index in [2.05, 4.69) is 55.4 Å². The number of rotatable bonds is 4. The third-order valence-corrected chi connectivity index (χ3v) is 5.97. The van der Waals surface area contributed by atoms with Crippen LogP contribution in [0.2, 0.25) is 0 Å². The Kier molecular flexibility index (Phi) is 7.17. The Morgan fingerprint density at radius 3 is 1.88 bits per heavy atom. The van der Waals surface area contributed by atoms with Crippen LogP contribution in [0.4, 0.5) is 4.79 Å². The largest absolute Gasteiger partial charge is 0.466 e. The molecule has 1 atom stereocenters. The van der Waals surface area contributed by atoms with Crippen molar-refractivity contribution >= 4 is 12.1 Å². The average molecular weight is 370 g/mol. The second-order valence-corrected chi connectivity index (χ2v) is 10.1. The molecule has 0 bridgehead atoms. The summed E-state index contributed by atoms with van der Waals surface area (Å²) in [5.74, 6) is -0.259. The van der Waals surface area contributed by atoms with E-state index in [4.69, 9.17) is 9.47 Å². The molecule has 5 nitrogen and oxygen atoms in total. The maximum absolute atomic E-state index is 12.8. The number of carbonyl (C=O) groups is 2. The number of esters is 1. The van der Waals surface area contributed by atoms with Crippen molar-refractivity contribution in [1.82, 2.24) is 4.90 Å². The van der Waals surface area contributed by atoms with E-state index in [0.717, 1.165) is 0 Å². The van der Waals surface area contributed by atoms with Crippen LogP contribution in [0.5, 0.6) is 0 Å². The molecular formula is C21H39NO4. The molecule has 0 saturated carbocycles. The molecule has 1 fully saturated rings. The van der Waals surface area contributed by atoms with E-state index in [-0.39, 0.29) is 40.3 Å². The highest BCUT2D eigenvalue weighted by molar-refractivity contribution is 5.73. The lowest BCUT2D eigenvalue weighted by atomic mass is 9.60. The molecule has 1 amide bonds. The van der Waals surface area contributed by atoms with Gasteiger partial charge in [0, 0.05) is 18.5 Å². The Morgan fingerprint density at radius 2 is 1.50 bits per heavy atom. The molecule has 152 valence electrons. The molecule has 1 aliphatic heterocycles. The summed E-state index contributed by atoms with van der Waals surface area (Å²) in [5, 5.41) is 0. The number of likely N-dealkylation sites (tertiary alicyclic amines) is 1. The average Bonchev–Trinajstić information content (AvgIpc) is 2.50. The molecule has 1 rings (SSSR count). The topological polar surface area (TPSA) is 55.8 Å². The van der Waals surface area contributed by atoms with Gasteiger partial charge in [0.05, 0.1) is 12.5 Å². The van der Waals surface area contributed by atoms with Crippen LogP contribution in [0.3, 0.4) is 0 Å². The standard InChI is InChI=1S/C21H39NO4/c1-10-25-16(23)15-11-13-22(14-12-15)18(24)26-17(19(2,3)4)21(8,9)20(5,6)7/h15,17H,10-14H2,1-9H3. The fraction of sp³-hybridized carbons (Fsp3) is 0.905. The summed E-state index contributed by atoms with van der Waals surface area (Å²) in [4.78, 5) is 26.4. The maximum Gasteiger partial charge on any atom is 0.410 e. The summed E-state index contributed by atoms with van der Waals surface area (Å²) in [7, 11) is 0. The van der Waals surface area contributed by atoms with Gasteiger partial charge < -0.3 is 14.4 Å². The van der Waals surface area contributed by atoms with Gasteiger partial charge >= 0.3 is 12.1 Å². The van der Waals surface area contributed by atoms with Crippen LogP contribution in [0.25, 0.3) is 0 Å². The highest BCUT2D eigenvalue weighted by Crippen LogP contribution is 2.48. The van der Waals surface area contributed by atoms with Crippen molar-refractivity contribution in [2.24, 2.45) is 22.2 Å². The van der Waals surface area contributed by atoms with E-state index < -0.39 is 0 Å². The van der Waals surface area contributed by atoms with Gasteiger partial charge in [-0.3, -0.25) is 4.79 Å². The van der Waals surface area contributed by atoms with Crippen LogP contribution in [-0.2, 0) is 14.3 Å². The Hall–Kier alpha value is -1.26. The predicted octanol–water partition coefficient (Wildman–Crippen LogP) is 4.89. The Labute approximate surface area is 159 Å². The highest BCUT2D eigenvalue weighted by Gasteiger charge is 2.48. The smallest absolute Gasteiger partial charge is 0.410 e. The number of nitrogens with zero attached hydrogens (tertiary/aromatic N) is 1. The van der Waals surface area contributed by atoms with Gasteiger partial charge in [0.25, 0.3) is 0 Å². The molecule has 1 unspecified atom stereocenters. The molecule has 0 aromatic carbocycles. The lowest BCUT2D eigenvalue weighted by Gasteiger charge is -2.49. The fourth-order valence-corrected chi connectivity index (χ4v) is 3.53. The summed E-state index contributed by atoms with van der Waals surface area (Å²) in [6.07, 6.45) is 0.781. The normalized spacial score (nSPS) is 18.4. The van der Waals surface area contributed by atoms with E-state index in [0.29, 0.717) is 32.5 Å². The first kappa shape index (κ1) is 22.8. The van der Waals surface area contributed by atoms with E-state index in [1.165, 1.54) is 0 Å². The molecule has 1 saturated heterocycles. The molecule has 0 N–H and O–H groups in total. The van der Waals surface area contributed by atoms with E-state index in [1.54, 1.807) is 4.90 Å². The first-order valence-corrected chi connectivity index (χ1v) is 9.84. The zero-order valence-electron chi connectivity index (χ0n) is 18.3. The van der Waals surface area contributed by atoms with Crippen LogP contribution in [0.1, 0.15) is 75.2 Å². The van der Waals surface area contributed by atoms with Crippen molar-refractivity contribution in [2.45, 2.75) is 81.3 Å². The highest BCUT2D eigenvalue weighted by atomic mass is 16.6. The van der Waals surface area contributed by atoms with E-state index in [9.17, 15) is 9.59 Å². The zero-order chi connectivity index (χ0) is 20.3. The molecular weight excluding hydrogens is 330 g/mol. The van der Waals surface area contributed by atoms with Gasteiger partial charge in [-0.1, -0.05) is 55.4 Å². The summed E-state index contributed by atoms with van der Waals surface area (Å²) in [5.41, 5.74) is -0.373. The van der Waals surface area contributed by atoms with E-state index in [1.807, 2.05) is 6.92 Å². The monoisotopic (exact) mass is 369 g/mol. The van der Waals surface area contributed by atoms with Gasteiger partial charge in [-0.2, -0.15) is 0 Å². The van der Waals surface area contributed by atoms with Crippen molar-refractivity contribution in [1.29, 1.82) is 0 Å². The Morgan fingerprint density at radius 1 is 1.00 bits per heavy atom. The van der Waals surface area contributed by atoms with Gasteiger partial charge in [-0.05, 0) is 30.6 Å². The van der Waals surface area contributed by atoms with Gasteiger partial charge in [-0.15, -0.1) is 0 Å². The van der Waals surface area contributed by atoms with Crippen LogP contribution < -0.4 is 0 Å². The minimum absolute atomic E-state index is 0.0118. The predicted molar refractivity (Wildman–Crippen MR) is 104 cm³/mol. The first-order valence-electron chi connectivity index (χ1n) is 9.84. The van der Waals surface area contributed by atoms with Crippen LogP contribution >= 0.6 is 0 Å². The number of carbonyl (C=O) groups excluding carboxylic acids is 2. The van der Waals surface area contributed by atoms with Gasteiger partial charge in [0.1, 0.15) is 6.10 Å². The molecule has 0 aromatic heterocycles. The van der Waals surface area contributed by atoms with Crippen molar-refractivity contribution in [3.8, 4) is 0 Å². The minimum Gasteiger partial charge on any atom is -0.466 e. The summed E-state index contributed by atoms with van der Waals surface area (Å²) >= 11 is 0. The lowest BCUT2D eigenvalue weighted by molar-refractivity contribution is -0.149. The number of hydrogen-bond acceptors (Lipinski definition) is 4. The van der Waals surface area contributed by atoms with Gasteiger partial charge in [-0.25, -0.2) is 4.79 Å². The van der Waals surface area contributed by atoms with Gasteiger partial charge in [0.15, 0.2) is 0 Å². The zero-order valence-corrected chi connectivity index (χ0v) is 18.3. The van der Waals surface area contributed by atoms with Crippen molar-refractivity contribution in [3.63, 3.8) is 0 Å². The molecule has 0 radical (unpaired) electrons. The molecule has 26 heavy (non-hydrogen) atoms. The van der Waals surface area contributed by atoms with Gasteiger partial charge in [0.2, 0.25) is 0 Å². The first-order chi connectivity index (χ1) is 11.7. The maximum atomic E-state index is 12.8. The second-order valence-electron chi connectivity index (χ2n) is 10.1. The molecule has 1 heterocycles. The van der Waals surface area contributed by atoms with Crippen molar-refractivity contribution < 1.29 is 19.1 Å².